The molecule has 1 N–H and O–H groups in total. The van der Waals surface area contributed by atoms with Crippen molar-refractivity contribution in [3.8, 4) is 0 Å². The molecule has 0 spiro atoms. The SMILES string of the molecule is CC(C)c1ccc(C(C)NC(=O)Cn2c(=O)n(C)c3ccccc32)cc1. The van der Waals surface area contributed by atoms with Crippen LogP contribution in [0.15, 0.2) is 53.3 Å². The summed E-state index contributed by atoms with van der Waals surface area (Å²) in [4.78, 5) is 24.9. The number of hydrogen-bond acceptors (Lipinski definition) is 2. The monoisotopic (exact) mass is 351 g/mol. The third kappa shape index (κ3) is 3.43. The molecule has 136 valence electrons. The van der Waals surface area contributed by atoms with Crippen LogP contribution in [0.1, 0.15) is 43.9 Å². The standard InChI is InChI=1S/C21H25N3O2/c1-14(2)16-9-11-17(12-10-16)15(3)22-20(25)13-24-19-8-6-5-7-18(19)23(4)21(24)26/h5-12,14-15H,13H2,1-4H3,(H,22,25). The number of imidazole rings is 1. The van der Waals surface area contributed by atoms with Crippen LogP contribution in [-0.4, -0.2) is 15.0 Å². The second-order valence-corrected chi connectivity index (χ2v) is 7.03. The van der Waals surface area contributed by atoms with Crippen molar-refractivity contribution in [2.24, 2.45) is 7.05 Å². The first-order valence-electron chi connectivity index (χ1n) is 8.92. The molecule has 3 rings (SSSR count). The van der Waals surface area contributed by atoms with Crippen molar-refractivity contribution >= 4 is 16.9 Å². The van der Waals surface area contributed by atoms with Gasteiger partial charge in [0.1, 0.15) is 6.54 Å². The Morgan fingerprint density at radius 1 is 0.962 bits per heavy atom. The Kier molecular flexibility index (Phi) is 4.98. The zero-order valence-corrected chi connectivity index (χ0v) is 15.7. The van der Waals surface area contributed by atoms with E-state index in [0.29, 0.717) is 5.92 Å². The van der Waals surface area contributed by atoms with Crippen LogP contribution in [0, 0.1) is 0 Å². The Morgan fingerprint density at radius 3 is 2.15 bits per heavy atom. The van der Waals surface area contributed by atoms with E-state index in [-0.39, 0.29) is 24.2 Å². The van der Waals surface area contributed by atoms with Gasteiger partial charge in [-0.15, -0.1) is 0 Å². The van der Waals surface area contributed by atoms with Crippen molar-refractivity contribution in [1.82, 2.24) is 14.5 Å². The summed E-state index contributed by atoms with van der Waals surface area (Å²) >= 11 is 0. The third-order valence-electron chi connectivity index (χ3n) is 4.83. The highest BCUT2D eigenvalue weighted by atomic mass is 16.2. The van der Waals surface area contributed by atoms with Crippen LogP contribution < -0.4 is 11.0 Å². The first-order valence-corrected chi connectivity index (χ1v) is 8.92. The first kappa shape index (κ1) is 18.0. The van der Waals surface area contributed by atoms with E-state index in [9.17, 15) is 9.59 Å². The van der Waals surface area contributed by atoms with Crippen molar-refractivity contribution in [2.45, 2.75) is 39.3 Å². The summed E-state index contributed by atoms with van der Waals surface area (Å²) in [6.45, 7) is 6.27. The van der Waals surface area contributed by atoms with E-state index in [4.69, 9.17) is 0 Å². The summed E-state index contributed by atoms with van der Waals surface area (Å²) in [5.74, 6) is 0.302. The number of carbonyl (C=O) groups excluding carboxylic acids is 1. The smallest absolute Gasteiger partial charge is 0.329 e. The normalized spacial score (nSPS) is 12.5. The number of nitrogens with one attached hydrogen (secondary N) is 1. The molecule has 0 fully saturated rings. The van der Waals surface area contributed by atoms with Gasteiger partial charge in [0, 0.05) is 7.05 Å². The highest BCUT2D eigenvalue weighted by Crippen LogP contribution is 2.18. The molecule has 1 unspecified atom stereocenters. The number of para-hydroxylation sites is 2. The number of carbonyl (C=O) groups is 1. The minimum atomic E-state index is -0.185. The number of fused-ring (bicyclic) bond motifs is 1. The molecule has 5 heteroatoms. The Bertz CT molecular complexity index is 981. The van der Waals surface area contributed by atoms with Crippen molar-refractivity contribution in [3.05, 3.63) is 70.1 Å². The molecule has 1 aromatic heterocycles. The highest BCUT2D eigenvalue weighted by molar-refractivity contribution is 5.81. The zero-order valence-electron chi connectivity index (χ0n) is 15.7. The van der Waals surface area contributed by atoms with Crippen LogP contribution in [0.25, 0.3) is 11.0 Å². The van der Waals surface area contributed by atoms with Crippen molar-refractivity contribution in [3.63, 3.8) is 0 Å². The van der Waals surface area contributed by atoms with Crippen LogP contribution in [-0.2, 0) is 18.4 Å². The fourth-order valence-electron chi connectivity index (χ4n) is 3.20. The lowest BCUT2D eigenvalue weighted by molar-refractivity contribution is -0.122. The van der Waals surface area contributed by atoms with Gasteiger partial charge in [-0.3, -0.25) is 13.9 Å². The average Bonchev–Trinajstić information content (AvgIpc) is 2.87. The molecule has 0 aliphatic rings. The minimum Gasteiger partial charge on any atom is -0.348 e. The molecule has 26 heavy (non-hydrogen) atoms. The van der Waals surface area contributed by atoms with E-state index < -0.39 is 0 Å². The van der Waals surface area contributed by atoms with Gasteiger partial charge in [0.2, 0.25) is 5.91 Å². The summed E-state index contributed by atoms with van der Waals surface area (Å²) in [6.07, 6.45) is 0. The van der Waals surface area contributed by atoms with Gasteiger partial charge in [0.15, 0.2) is 0 Å². The van der Waals surface area contributed by atoms with Gasteiger partial charge in [0.05, 0.1) is 17.1 Å². The molecule has 3 aromatic rings. The molecule has 2 aromatic carbocycles. The van der Waals surface area contributed by atoms with E-state index in [2.05, 4.69) is 31.3 Å². The molecular weight excluding hydrogens is 326 g/mol. The van der Waals surface area contributed by atoms with E-state index in [0.717, 1.165) is 16.6 Å². The van der Waals surface area contributed by atoms with Crippen LogP contribution in [0.4, 0.5) is 0 Å². The molecule has 1 heterocycles. The van der Waals surface area contributed by atoms with E-state index >= 15 is 0 Å². The topological polar surface area (TPSA) is 56.0 Å². The Labute approximate surface area is 153 Å². The zero-order chi connectivity index (χ0) is 18.8. The van der Waals surface area contributed by atoms with Gasteiger partial charge in [-0.05, 0) is 36.1 Å². The van der Waals surface area contributed by atoms with Crippen molar-refractivity contribution in [2.75, 3.05) is 0 Å². The summed E-state index contributed by atoms with van der Waals surface area (Å²) in [7, 11) is 1.72. The second-order valence-electron chi connectivity index (χ2n) is 7.03. The van der Waals surface area contributed by atoms with Gasteiger partial charge in [0.25, 0.3) is 0 Å². The fourth-order valence-corrected chi connectivity index (χ4v) is 3.20. The molecule has 0 aliphatic carbocycles. The Morgan fingerprint density at radius 2 is 1.54 bits per heavy atom. The van der Waals surface area contributed by atoms with Crippen molar-refractivity contribution < 1.29 is 4.79 Å². The van der Waals surface area contributed by atoms with Gasteiger partial charge in [-0.25, -0.2) is 4.79 Å². The number of hydrogen-bond donors (Lipinski definition) is 1. The van der Waals surface area contributed by atoms with E-state index in [1.807, 2.05) is 43.3 Å². The summed E-state index contributed by atoms with van der Waals surface area (Å²) < 4.78 is 3.08. The lowest BCUT2D eigenvalue weighted by Crippen LogP contribution is -2.34. The molecule has 0 saturated heterocycles. The van der Waals surface area contributed by atoms with Gasteiger partial charge in [-0.2, -0.15) is 0 Å². The number of aryl methyl sites for hydroxylation is 1. The second kappa shape index (κ2) is 7.20. The van der Waals surface area contributed by atoms with E-state index in [1.165, 1.54) is 10.1 Å². The Hall–Kier alpha value is -2.82. The van der Waals surface area contributed by atoms with Crippen LogP contribution in [0.2, 0.25) is 0 Å². The predicted octanol–water partition coefficient (Wildman–Crippen LogP) is 3.34. The summed E-state index contributed by atoms with van der Waals surface area (Å²) in [5, 5.41) is 2.99. The number of benzene rings is 2. The molecule has 5 nitrogen and oxygen atoms in total. The lowest BCUT2D eigenvalue weighted by Gasteiger charge is -2.16. The molecule has 0 bridgehead atoms. The number of rotatable bonds is 5. The fraction of sp³-hybridized carbons (Fsp3) is 0.333. The van der Waals surface area contributed by atoms with Gasteiger partial charge in [-0.1, -0.05) is 50.2 Å². The van der Waals surface area contributed by atoms with Crippen LogP contribution >= 0.6 is 0 Å². The molecule has 0 saturated carbocycles. The average molecular weight is 351 g/mol. The number of aromatic nitrogens is 2. The molecule has 1 amide bonds. The number of amides is 1. The quantitative estimate of drug-likeness (QED) is 0.766. The van der Waals surface area contributed by atoms with Gasteiger partial charge < -0.3 is 5.32 Å². The van der Waals surface area contributed by atoms with Crippen molar-refractivity contribution in [1.29, 1.82) is 0 Å². The summed E-state index contributed by atoms with van der Waals surface area (Å²) in [6, 6.07) is 15.7. The molecule has 0 aliphatic heterocycles. The van der Waals surface area contributed by atoms with Crippen LogP contribution in [0.5, 0.6) is 0 Å². The largest absolute Gasteiger partial charge is 0.348 e. The maximum atomic E-state index is 12.5. The molecular formula is C21H25N3O2. The summed E-state index contributed by atoms with van der Waals surface area (Å²) in [5.41, 5.74) is 3.73. The maximum absolute atomic E-state index is 12.5. The van der Waals surface area contributed by atoms with Gasteiger partial charge >= 0.3 is 5.69 Å². The molecule has 0 radical (unpaired) electrons. The van der Waals surface area contributed by atoms with Crippen LogP contribution in [0.3, 0.4) is 0 Å². The maximum Gasteiger partial charge on any atom is 0.329 e. The predicted molar refractivity (Wildman–Crippen MR) is 104 cm³/mol. The Balaban J connectivity index is 1.75. The van der Waals surface area contributed by atoms with E-state index in [1.54, 1.807) is 11.6 Å². The molecule has 1 atom stereocenters. The number of nitrogens with zero attached hydrogens (tertiary/aromatic N) is 2. The lowest BCUT2D eigenvalue weighted by atomic mass is 9.99. The minimum absolute atomic E-state index is 0.00854. The first-order chi connectivity index (χ1) is 12.4. The third-order valence-corrected chi connectivity index (χ3v) is 4.83. The highest BCUT2D eigenvalue weighted by Gasteiger charge is 2.15.